The van der Waals surface area contributed by atoms with Crippen molar-refractivity contribution in [2.45, 2.75) is 76.5 Å². The van der Waals surface area contributed by atoms with Gasteiger partial charge < -0.3 is 5.32 Å². The molecular weight excluding hydrogens is 354 g/mol. The molecule has 1 N–H and O–H groups in total. The number of nitrogens with zero attached hydrogens (tertiary/aromatic N) is 2. The van der Waals surface area contributed by atoms with E-state index >= 15 is 0 Å². The van der Waals surface area contributed by atoms with E-state index in [-0.39, 0.29) is 5.91 Å². The number of hydrogen-bond acceptors (Lipinski definition) is 3. The van der Waals surface area contributed by atoms with Crippen molar-refractivity contribution in [1.82, 2.24) is 9.78 Å². The Kier molecular flexibility index (Phi) is 6.64. The maximum Gasteiger partial charge on any atom is 0.228 e. The fourth-order valence-electron chi connectivity index (χ4n) is 3.69. The molecule has 1 saturated carbocycles. The summed E-state index contributed by atoms with van der Waals surface area (Å²) in [5.41, 5.74) is 3.95. The number of aryl methyl sites for hydroxylation is 1. The third kappa shape index (κ3) is 5.38. The molecule has 0 bridgehead atoms. The van der Waals surface area contributed by atoms with Gasteiger partial charge in [0.05, 0.1) is 12.1 Å². The highest BCUT2D eigenvalue weighted by Crippen LogP contribution is 2.35. The molecule has 0 saturated heterocycles. The van der Waals surface area contributed by atoms with Crippen molar-refractivity contribution in [2.75, 3.05) is 5.32 Å². The number of rotatable bonds is 7. The number of carbonyl (C=O) groups excluding carboxylic acids is 1. The number of amides is 1. The standard InChI is InChI=1S/C22H31N3OS/c1-15(2)14-25-17(4)21(16(3)24-25)13-22(26)23-18-9-11-20(12-10-18)27-19-7-5-6-8-19/h9-12,15,19H,5-8,13-14H2,1-4H3,(H,23,26). The molecule has 1 aliphatic carbocycles. The minimum atomic E-state index is 0.0153. The second-order valence-electron chi connectivity index (χ2n) is 8.00. The zero-order valence-corrected chi connectivity index (χ0v) is 17.7. The largest absolute Gasteiger partial charge is 0.326 e. The minimum Gasteiger partial charge on any atom is -0.326 e. The van der Waals surface area contributed by atoms with Gasteiger partial charge in [-0.1, -0.05) is 26.7 Å². The van der Waals surface area contributed by atoms with Crippen molar-refractivity contribution in [1.29, 1.82) is 0 Å². The molecule has 1 amide bonds. The monoisotopic (exact) mass is 385 g/mol. The van der Waals surface area contributed by atoms with E-state index in [0.29, 0.717) is 12.3 Å². The van der Waals surface area contributed by atoms with Gasteiger partial charge in [-0.15, -0.1) is 11.8 Å². The van der Waals surface area contributed by atoms with Crippen LogP contribution in [0.1, 0.15) is 56.5 Å². The molecule has 27 heavy (non-hydrogen) atoms. The van der Waals surface area contributed by atoms with Crippen LogP contribution in [0, 0.1) is 19.8 Å². The van der Waals surface area contributed by atoms with Crippen LogP contribution in [0.5, 0.6) is 0 Å². The number of nitrogens with one attached hydrogen (secondary N) is 1. The normalized spacial score (nSPS) is 14.9. The van der Waals surface area contributed by atoms with Gasteiger partial charge in [0.1, 0.15) is 0 Å². The van der Waals surface area contributed by atoms with Crippen molar-refractivity contribution >= 4 is 23.4 Å². The molecule has 146 valence electrons. The Morgan fingerprint density at radius 2 is 1.89 bits per heavy atom. The van der Waals surface area contributed by atoms with Gasteiger partial charge in [-0.05, 0) is 56.9 Å². The SMILES string of the molecule is Cc1nn(CC(C)C)c(C)c1CC(=O)Nc1ccc(SC2CCCC2)cc1. The summed E-state index contributed by atoms with van der Waals surface area (Å²) in [5.74, 6) is 0.548. The molecule has 0 spiro atoms. The zero-order valence-electron chi connectivity index (χ0n) is 16.9. The number of aromatic nitrogens is 2. The molecule has 0 aliphatic heterocycles. The average molecular weight is 386 g/mol. The van der Waals surface area contributed by atoms with Gasteiger partial charge in [0, 0.05) is 33.6 Å². The van der Waals surface area contributed by atoms with Crippen molar-refractivity contribution in [2.24, 2.45) is 5.92 Å². The number of carbonyl (C=O) groups is 1. The Hall–Kier alpha value is -1.75. The van der Waals surface area contributed by atoms with E-state index in [4.69, 9.17) is 0 Å². The van der Waals surface area contributed by atoms with Gasteiger partial charge in [0.15, 0.2) is 0 Å². The summed E-state index contributed by atoms with van der Waals surface area (Å²) in [6.07, 6.45) is 5.74. The minimum absolute atomic E-state index is 0.0153. The Balaban J connectivity index is 1.58. The van der Waals surface area contributed by atoms with Crippen LogP contribution in [-0.2, 0) is 17.8 Å². The molecule has 1 fully saturated rings. The van der Waals surface area contributed by atoms with Crippen LogP contribution in [0.25, 0.3) is 0 Å². The van der Waals surface area contributed by atoms with Gasteiger partial charge in [0.2, 0.25) is 5.91 Å². The Bertz CT molecular complexity index is 774. The van der Waals surface area contributed by atoms with Crippen LogP contribution in [0.2, 0.25) is 0 Å². The highest BCUT2D eigenvalue weighted by molar-refractivity contribution is 8.00. The number of anilines is 1. The fraction of sp³-hybridized carbons (Fsp3) is 0.545. The van der Waals surface area contributed by atoms with Crippen molar-refractivity contribution in [3.05, 3.63) is 41.2 Å². The first kappa shape index (κ1) is 20.0. The molecule has 4 nitrogen and oxygen atoms in total. The molecule has 2 aromatic rings. The van der Waals surface area contributed by atoms with Gasteiger partial charge in [-0.25, -0.2) is 0 Å². The molecule has 5 heteroatoms. The van der Waals surface area contributed by atoms with E-state index in [2.05, 4.69) is 43.3 Å². The summed E-state index contributed by atoms with van der Waals surface area (Å²) in [6, 6.07) is 8.26. The quantitative estimate of drug-likeness (QED) is 0.697. The molecule has 0 radical (unpaired) electrons. The lowest BCUT2D eigenvalue weighted by molar-refractivity contribution is -0.115. The smallest absolute Gasteiger partial charge is 0.228 e. The predicted octanol–water partition coefficient (Wildman–Crippen LogP) is 5.37. The summed E-state index contributed by atoms with van der Waals surface area (Å²) in [5, 5.41) is 8.40. The maximum atomic E-state index is 12.5. The molecular formula is C22H31N3OS. The Morgan fingerprint density at radius 1 is 1.22 bits per heavy atom. The van der Waals surface area contributed by atoms with Crippen molar-refractivity contribution in [3.8, 4) is 0 Å². The lowest BCUT2D eigenvalue weighted by Gasteiger charge is -2.10. The van der Waals surface area contributed by atoms with Crippen LogP contribution < -0.4 is 5.32 Å². The maximum absolute atomic E-state index is 12.5. The third-order valence-electron chi connectivity index (χ3n) is 5.15. The summed E-state index contributed by atoms with van der Waals surface area (Å²) >= 11 is 1.97. The molecule has 0 atom stereocenters. The van der Waals surface area contributed by atoms with Crippen molar-refractivity contribution < 1.29 is 4.79 Å². The lowest BCUT2D eigenvalue weighted by atomic mass is 10.1. The first-order valence-electron chi connectivity index (χ1n) is 10.0. The van der Waals surface area contributed by atoms with Crippen molar-refractivity contribution in [3.63, 3.8) is 0 Å². The van der Waals surface area contributed by atoms with Crippen LogP contribution in [0.15, 0.2) is 29.2 Å². The lowest BCUT2D eigenvalue weighted by Crippen LogP contribution is -2.15. The van der Waals surface area contributed by atoms with Gasteiger partial charge in [-0.3, -0.25) is 9.48 Å². The second kappa shape index (κ2) is 8.96. The summed E-state index contributed by atoms with van der Waals surface area (Å²) < 4.78 is 2.03. The molecule has 1 aromatic carbocycles. The first-order valence-corrected chi connectivity index (χ1v) is 10.9. The van der Waals surface area contributed by atoms with Crippen LogP contribution in [0.3, 0.4) is 0 Å². The van der Waals surface area contributed by atoms with Crippen LogP contribution in [0.4, 0.5) is 5.69 Å². The highest BCUT2D eigenvalue weighted by atomic mass is 32.2. The molecule has 1 aromatic heterocycles. The van der Waals surface area contributed by atoms with Crippen LogP contribution in [-0.4, -0.2) is 20.9 Å². The zero-order chi connectivity index (χ0) is 19.4. The predicted molar refractivity (Wildman–Crippen MR) is 113 cm³/mol. The first-order chi connectivity index (χ1) is 12.9. The van der Waals surface area contributed by atoms with E-state index < -0.39 is 0 Å². The highest BCUT2D eigenvalue weighted by Gasteiger charge is 2.17. The number of thioether (sulfide) groups is 1. The van der Waals surface area contributed by atoms with E-state index in [1.54, 1.807) is 0 Å². The number of hydrogen-bond donors (Lipinski definition) is 1. The molecule has 1 heterocycles. The summed E-state index contributed by atoms with van der Waals surface area (Å²) in [6.45, 7) is 9.28. The Morgan fingerprint density at radius 3 is 2.52 bits per heavy atom. The number of benzene rings is 1. The average Bonchev–Trinajstić information content (AvgIpc) is 3.20. The van der Waals surface area contributed by atoms with Gasteiger partial charge >= 0.3 is 0 Å². The third-order valence-corrected chi connectivity index (χ3v) is 6.50. The van der Waals surface area contributed by atoms with E-state index in [0.717, 1.165) is 34.4 Å². The van der Waals surface area contributed by atoms with Gasteiger partial charge in [-0.2, -0.15) is 5.10 Å². The summed E-state index contributed by atoms with van der Waals surface area (Å²) in [4.78, 5) is 13.8. The Labute approximate surface area is 167 Å². The summed E-state index contributed by atoms with van der Waals surface area (Å²) in [7, 11) is 0. The van der Waals surface area contributed by atoms with E-state index in [1.165, 1.54) is 30.6 Å². The van der Waals surface area contributed by atoms with Crippen LogP contribution >= 0.6 is 11.8 Å². The topological polar surface area (TPSA) is 46.9 Å². The second-order valence-corrected chi connectivity index (χ2v) is 9.37. The fourth-order valence-corrected chi connectivity index (χ4v) is 4.94. The van der Waals surface area contributed by atoms with E-state index in [1.807, 2.05) is 35.5 Å². The molecule has 3 rings (SSSR count). The molecule has 0 unspecified atom stereocenters. The van der Waals surface area contributed by atoms with Gasteiger partial charge in [0.25, 0.3) is 0 Å². The van der Waals surface area contributed by atoms with E-state index in [9.17, 15) is 4.79 Å². The molecule has 1 aliphatic rings.